The number of Topliss-reactive ketones (excluding diaryl/α,β-unsaturated/α-hetero) is 1. The molecular weight excluding hydrogens is 359 g/mol. The SMILES string of the molecule is CCN1C[C@H](CN(C)C(=O)CCC(=O)c2ccc(F)cc2)Oc2ccccc21. The number of anilines is 1. The maximum Gasteiger partial charge on any atom is 0.222 e. The molecule has 2 aromatic carbocycles. The summed E-state index contributed by atoms with van der Waals surface area (Å²) in [6, 6.07) is 13.3. The summed E-state index contributed by atoms with van der Waals surface area (Å²) in [5, 5.41) is 0. The van der Waals surface area contributed by atoms with Gasteiger partial charge in [-0.3, -0.25) is 9.59 Å². The number of hydrogen-bond donors (Lipinski definition) is 0. The number of carbonyl (C=O) groups is 2. The van der Waals surface area contributed by atoms with Crippen LogP contribution in [0.25, 0.3) is 0 Å². The summed E-state index contributed by atoms with van der Waals surface area (Å²) in [6.45, 7) is 4.11. The first kappa shape index (κ1) is 19.9. The summed E-state index contributed by atoms with van der Waals surface area (Å²) >= 11 is 0. The minimum atomic E-state index is -0.387. The van der Waals surface area contributed by atoms with Crippen molar-refractivity contribution in [3.63, 3.8) is 0 Å². The summed E-state index contributed by atoms with van der Waals surface area (Å²) in [5.41, 5.74) is 1.49. The van der Waals surface area contributed by atoms with Crippen molar-refractivity contribution in [1.82, 2.24) is 4.90 Å². The Kier molecular flexibility index (Phi) is 6.29. The fraction of sp³-hybridized carbons (Fsp3) is 0.364. The van der Waals surface area contributed by atoms with Crippen molar-refractivity contribution >= 4 is 17.4 Å². The summed E-state index contributed by atoms with van der Waals surface area (Å²) in [7, 11) is 1.73. The first-order valence-corrected chi connectivity index (χ1v) is 9.51. The lowest BCUT2D eigenvalue weighted by Crippen LogP contribution is -2.46. The molecule has 2 aromatic rings. The Morgan fingerprint density at radius 3 is 2.57 bits per heavy atom. The predicted octanol–water partition coefficient (Wildman–Crippen LogP) is 3.53. The van der Waals surface area contributed by atoms with Gasteiger partial charge in [-0.05, 0) is 43.3 Å². The number of carbonyl (C=O) groups excluding carboxylic acids is 2. The van der Waals surface area contributed by atoms with E-state index in [9.17, 15) is 14.0 Å². The maximum absolute atomic E-state index is 13.0. The lowest BCUT2D eigenvalue weighted by atomic mass is 10.1. The predicted molar refractivity (Wildman–Crippen MR) is 106 cm³/mol. The number of likely N-dealkylation sites (N-methyl/N-ethyl adjacent to an activating group) is 2. The minimum absolute atomic E-state index is 0.101. The van der Waals surface area contributed by atoms with Crippen LogP contribution < -0.4 is 9.64 Å². The van der Waals surface area contributed by atoms with E-state index in [-0.39, 0.29) is 36.5 Å². The number of rotatable bonds is 7. The van der Waals surface area contributed by atoms with Gasteiger partial charge in [0.2, 0.25) is 5.91 Å². The summed E-state index contributed by atoms with van der Waals surface area (Å²) in [6.07, 6.45) is 0.0918. The van der Waals surface area contributed by atoms with E-state index >= 15 is 0 Å². The maximum atomic E-state index is 13.0. The molecule has 1 aliphatic rings. The highest BCUT2D eigenvalue weighted by molar-refractivity contribution is 5.97. The van der Waals surface area contributed by atoms with Crippen LogP contribution in [0.15, 0.2) is 48.5 Å². The molecule has 6 heteroatoms. The van der Waals surface area contributed by atoms with Gasteiger partial charge in [0, 0.05) is 32.0 Å². The lowest BCUT2D eigenvalue weighted by molar-refractivity contribution is -0.130. The number of ether oxygens (including phenoxy) is 1. The van der Waals surface area contributed by atoms with E-state index in [1.807, 2.05) is 24.3 Å². The van der Waals surface area contributed by atoms with Crippen LogP contribution in [0.2, 0.25) is 0 Å². The molecule has 0 fully saturated rings. The number of ketones is 1. The molecule has 0 aromatic heterocycles. The third kappa shape index (κ3) is 4.68. The largest absolute Gasteiger partial charge is 0.485 e. The van der Waals surface area contributed by atoms with Crippen molar-refractivity contribution in [2.24, 2.45) is 0 Å². The smallest absolute Gasteiger partial charge is 0.222 e. The molecule has 1 heterocycles. The van der Waals surface area contributed by atoms with Gasteiger partial charge in [-0.2, -0.15) is 0 Å². The van der Waals surface area contributed by atoms with E-state index in [1.54, 1.807) is 11.9 Å². The van der Waals surface area contributed by atoms with Gasteiger partial charge in [0.25, 0.3) is 0 Å². The Bertz CT molecular complexity index is 838. The molecule has 0 saturated heterocycles. The van der Waals surface area contributed by atoms with Crippen molar-refractivity contribution in [3.05, 3.63) is 59.9 Å². The number of benzene rings is 2. The van der Waals surface area contributed by atoms with Crippen LogP contribution in [0.1, 0.15) is 30.1 Å². The Morgan fingerprint density at radius 1 is 1.14 bits per heavy atom. The van der Waals surface area contributed by atoms with Crippen LogP contribution >= 0.6 is 0 Å². The number of hydrogen-bond acceptors (Lipinski definition) is 4. The van der Waals surface area contributed by atoms with Crippen molar-refractivity contribution in [1.29, 1.82) is 0 Å². The molecule has 1 amide bonds. The van der Waals surface area contributed by atoms with Crippen LogP contribution in [-0.2, 0) is 4.79 Å². The molecule has 28 heavy (non-hydrogen) atoms. The van der Waals surface area contributed by atoms with Crippen molar-refractivity contribution in [2.45, 2.75) is 25.9 Å². The van der Waals surface area contributed by atoms with Crippen LogP contribution in [0.5, 0.6) is 5.75 Å². The van der Waals surface area contributed by atoms with E-state index in [0.29, 0.717) is 18.7 Å². The minimum Gasteiger partial charge on any atom is -0.485 e. The molecule has 5 nitrogen and oxygen atoms in total. The van der Waals surface area contributed by atoms with Crippen LogP contribution in [0, 0.1) is 5.82 Å². The number of nitrogens with zero attached hydrogens (tertiary/aromatic N) is 2. The molecule has 0 spiro atoms. The molecule has 0 N–H and O–H groups in total. The van der Waals surface area contributed by atoms with Crippen LogP contribution in [0.3, 0.4) is 0 Å². The number of amides is 1. The molecule has 0 bridgehead atoms. The van der Waals surface area contributed by atoms with Gasteiger partial charge in [0.15, 0.2) is 5.78 Å². The molecule has 148 valence electrons. The molecule has 1 aliphatic heterocycles. The highest BCUT2D eigenvalue weighted by atomic mass is 19.1. The average molecular weight is 384 g/mol. The second-order valence-electron chi connectivity index (χ2n) is 6.95. The third-order valence-electron chi connectivity index (χ3n) is 4.94. The van der Waals surface area contributed by atoms with Gasteiger partial charge in [-0.1, -0.05) is 12.1 Å². The zero-order valence-corrected chi connectivity index (χ0v) is 16.2. The average Bonchev–Trinajstić information content (AvgIpc) is 2.71. The topological polar surface area (TPSA) is 49.9 Å². The van der Waals surface area contributed by atoms with Crippen LogP contribution in [-0.4, -0.2) is 49.4 Å². The highest BCUT2D eigenvalue weighted by Crippen LogP contribution is 2.32. The van der Waals surface area contributed by atoms with Gasteiger partial charge in [0.1, 0.15) is 17.7 Å². The van der Waals surface area contributed by atoms with Gasteiger partial charge < -0.3 is 14.5 Å². The second kappa shape index (κ2) is 8.87. The molecule has 0 unspecified atom stereocenters. The standard InChI is InChI=1S/C22H25FN2O3/c1-3-25-15-18(28-21-7-5-4-6-19(21)25)14-24(2)22(27)13-12-20(26)16-8-10-17(23)11-9-16/h4-11,18H,3,12-15H2,1-2H3/t18-/m0/s1. The van der Waals surface area contributed by atoms with Crippen molar-refractivity contribution in [2.75, 3.05) is 31.6 Å². The first-order chi connectivity index (χ1) is 13.5. The quantitative estimate of drug-likeness (QED) is 0.685. The summed E-state index contributed by atoms with van der Waals surface area (Å²) in [4.78, 5) is 28.5. The zero-order chi connectivity index (χ0) is 20.1. The van der Waals surface area contributed by atoms with Crippen LogP contribution in [0.4, 0.5) is 10.1 Å². The number of fused-ring (bicyclic) bond motifs is 1. The molecule has 3 rings (SSSR count). The summed E-state index contributed by atoms with van der Waals surface area (Å²) in [5.74, 6) is 0.165. The van der Waals surface area contributed by atoms with Gasteiger partial charge in [0.05, 0.1) is 18.8 Å². The molecule has 0 aliphatic carbocycles. The molecule has 0 radical (unpaired) electrons. The van der Waals surface area contributed by atoms with E-state index in [4.69, 9.17) is 4.74 Å². The second-order valence-corrected chi connectivity index (χ2v) is 6.95. The Labute approximate surface area is 164 Å². The Balaban J connectivity index is 1.53. The van der Waals surface area contributed by atoms with Gasteiger partial charge >= 0.3 is 0 Å². The number of para-hydroxylation sites is 2. The first-order valence-electron chi connectivity index (χ1n) is 9.51. The molecule has 0 saturated carbocycles. The van der Waals surface area contributed by atoms with E-state index in [0.717, 1.165) is 18.0 Å². The van der Waals surface area contributed by atoms with Gasteiger partial charge in [-0.15, -0.1) is 0 Å². The normalized spacial score (nSPS) is 15.5. The Hall–Kier alpha value is -2.89. The van der Waals surface area contributed by atoms with E-state index in [1.165, 1.54) is 24.3 Å². The monoisotopic (exact) mass is 384 g/mol. The lowest BCUT2D eigenvalue weighted by Gasteiger charge is -2.37. The van der Waals surface area contributed by atoms with E-state index in [2.05, 4.69) is 11.8 Å². The Morgan fingerprint density at radius 2 is 1.86 bits per heavy atom. The van der Waals surface area contributed by atoms with Crippen molar-refractivity contribution < 1.29 is 18.7 Å². The number of halogens is 1. The fourth-order valence-corrected chi connectivity index (χ4v) is 3.37. The highest BCUT2D eigenvalue weighted by Gasteiger charge is 2.26. The van der Waals surface area contributed by atoms with Gasteiger partial charge in [-0.25, -0.2) is 4.39 Å². The zero-order valence-electron chi connectivity index (χ0n) is 16.2. The van der Waals surface area contributed by atoms with Crippen molar-refractivity contribution in [3.8, 4) is 5.75 Å². The molecule has 1 atom stereocenters. The summed E-state index contributed by atoms with van der Waals surface area (Å²) < 4.78 is 19.0. The molecular formula is C22H25FN2O3. The van der Waals surface area contributed by atoms with E-state index < -0.39 is 0 Å². The fourth-order valence-electron chi connectivity index (χ4n) is 3.37. The third-order valence-corrected chi connectivity index (χ3v) is 4.94.